The van der Waals surface area contributed by atoms with Crippen molar-refractivity contribution in [3.63, 3.8) is 0 Å². The van der Waals surface area contributed by atoms with E-state index in [9.17, 15) is 18.0 Å². The molecule has 0 aliphatic heterocycles. The van der Waals surface area contributed by atoms with E-state index in [-0.39, 0.29) is 23.4 Å². The molecular formula is C18H15ClF3NO. The number of hydrogen-bond acceptors (Lipinski definition) is 1. The van der Waals surface area contributed by atoms with Crippen LogP contribution in [0.25, 0.3) is 0 Å². The average molecular weight is 354 g/mol. The number of carbonyl (C=O) groups is 1. The second-order valence-electron chi connectivity index (χ2n) is 5.83. The maximum atomic E-state index is 13.2. The van der Waals surface area contributed by atoms with Crippen molar-refractivity contribution in [2.75, 3.05) is 0 Å². The fraction of sp³-hybridized carbons (Fsp3) is 0.278. The van der Waals surface area contributed by atoms with E-state index in [2.05, 4.69) is 5.32 Å². The van der Waals surface area contributed by atoms with Gasteiger partial charge in [0.2, 0.25) is 0 Å². The number of carbonyl (C=O) groups excluding carboxylic acids is 1. The van der Waals surface area contributed by atoms with Gasteiger partial charge in [-0.1, -0.05) is 41.9 Å². The Balaban J connectivity index is 1.79. The van der Waals surface area contributed by atoms with Gasteiger partial charge < -0.3 is 5.32 Å². The lowest BCUT2D eigenvalue weighted by atomic mass is 9.73. The Kier molecular flexibility index (Phi) is 4.54. The van der Waals surface area contributed by atoms with Crippen LogP contribution in [0.4, 0.5) is 13.2 Å². The quantitative estimate of drug-likeness (QED) is 0.823. The highest BCUT2D eigenvalue weighted by Crippen LogP contribution is 2.43. The fourth-order valence-electron chi connectivity index (χ4n) is 3.01. The number of hydrogen-bond donors (Lipinski definition) is 1. The van der Waals surface area contributed by atoms with Crippen molar-refractivity contribution in [1.29, 1.82) is 0 Å². The molecule has 24 heavy (non-hydrogen) atoms. The summed E-state index contributed by atoms with van der Waals surface area (Å²) in [7, 11) is 0. The molecule has 0 heterocycles. The first kappa shape index (κ1) is 16.8. The molecule has 0 radical (unpaired) electrons. The molecular weight excluding hydrogens is 339 g/mol. The molecule has 0 unspecified atom stereocenters. The first-order valence-corrected chi connectivity index (χ1v) is 7.97. The molecule has 2 aromatic carbocycles. The van der Waals surface area contributed by atoms with Crippen LogP contribution in [0.3, 0.4) is 0 Å². The zero-order valence-corrected chi connectivity index (χ0v) is 13.4. The van der Waals surface area contributed by atoms with Crippen molar-refractivity contribution < 1.29 is 18.0 Å². The molecule has 0 bridgehead atoms. The van der Waals surface area contributed by atoms with Crippen molar-refractivity contribution in [3.8, 4) is 0 Å². The molecule has 1 N–H and O–H groups in total. The smallest absolute Gasteiger partial charge is 0.349 e. The highest BCUT2D eigenvalue weighted by Gasteiger charge is 2.40. The summed E-state index contributed by atoms with van der Waals surface area (Å²) in [5, 5.41) is 3.13. The third-order valence-corrected chi connectivity index (χ3v) is 4.70. The molecule has 1 amide bonds. The summed E-state index contributed by atoms with van der Waals surface area (Å²) >= 11 is 5.99. The number of rotatable bonds is 3. The Morgan fingerprint density at radius 3 is 2.33 bits per heavy atom. The van der Waals surface area contributed by atoms with Crippen LogP contribution in [0.2, 0.25) is 5.02 Å². The second-order valence-corrected chi connectivity index (χ2v) is 6.24. The van der Waals surface area contributed by atoms with Crippen LogP contribution in [-0.4, -0.2) is 11.9 Å². The minimum Gasteiger partial charge on any atom is -0.349 e. The first-order valence-electron chi connectivity index (χ1n) is 7.59. The molecule has 2 nitrogen and oxygen atoms in total. The van der Waals surface area contributed by atoms with Crippen molar-refractivity contribution in [2.24, 2.45) is 0 Å². The molecule has 1 saturated carbocycles. The molecule has 1 aliphatic rings. The summed E-state index contributed by atoms with van der Waals surface area (Å²) in [6.45, 7) is 0. The van der Waals surface area contributed by atoms with Gasteiger partial charge in [-0.05, 0) is 36.6 Å². The predicted molar refractivity (Wildman–Crippen MR) is 86.1 cm³/mol. The van der Waals surface area contributed by atoms with Crippen molar-refractivity contribution in [2.45, 2.75) is 31.0 Å². The minimum absolute atomic E-state index is 0.237. The monoisotopic (exact) mass is 353 g/mol. The lowest BCUT2D eigenvalue weighted by molar-refractivity contribution is -0.138. The van der Waals surface area contributed by atoms with Gasteiger partial charge >= 0.3 is 6.18 Å². The Labute approximate surface area is 142 Å². The van der Waals surface area contributed by atoms with Crippen LogP contribution in [-0.2, 0) is 6.18 Å². The Morgan fingerprint density at radius 1 is 1.04 bits per heavy atom. The molecule has 0 spiro atoms. The number of alkyl halides is 3. The standard InChI is InChI=1S/C18H15ClF3NO/c19-15-8-4-2-6-13(15)17(24)23-16-10-9-12(16)11-5-1-3-7-14(11)18(20,21)22/h1-8,12,16H,9-10H2,(H,23,24)/t12-,16+/m0/s1. The SMILES string of the molecule is O=C(N[C@@H]1CC[C@H]1c1ccccc1C(F)(F)F)c1ccccc1Cl. The van der Waals surface area contributed by atoms with Crippen LogP contribution in [0.5, 0.6) is 0 Å². The molecule has 126 valence electrons. The number of nitrogens with one attached hydrogen (secondary N) is 1. The summed E-state index contributed by atoms with van der Waals surface area (Å²) in [5.74, 6) is -0.700. The van der Waals surface area contributed by atoms with E-state index in [0.717, 1.165) is 6.07 Å². The van der Waals surface area contributed by atoms with Crippen molar-refractivity contribution in [1.82, 2.24) is 5.32 Å². The second kappa shape index (κ2) is 6.48. The van der Waals surface area contributed by atoms with E-state index in [1.165, 1.54) is 12.1 Å². The van der Waals surface area contributed by atoms with Gasteiger partial charge in [0.05, 0.1) is 16.1 Å². The molecule has 2 aromatic rings. The lowest BCUT2D eigenvalue weighted by Crippen LogP contribution is -2.46. The molecule has 1 fully saturated rings. The van der Waals surface area contributed by atoms with Gasteiger partial charge in [-0.15, -0.1) is 0 Å². The van der Waals surface area contributed by atoms with Gasteiger partial charge in [-0.2, -0.15) is 13.2 Å². The molecule has 0 saturated heterocycles. The van der Waals surface area contributed by atoms with Crippen molar-refractivity contribution >= 4 is 17.5 Å². The molecule has 3 rings (SSSR count). The zero-order valence-electron chi connectivity index (χ0n) is 12.6. The molecule has 6 heteroatoms. The first-order chi connectivity index (χ1) is 11.4. The van der Waals surface area contributed by atoms with E-state index < -0.39 is 11.7 Å². The summed E-state index contributed by atoms with van der Waals surface area (Å²) in [6, 6.07) is 11.8. The third kappa shape index (κ3) is 3.26. The lowest BCUT2D eigenvalue weighted by Gasteiger charge is -2.38. The van der Waals surface area contributed by atoms with Gasteiger partial charge in [0.15, 0.2) is 0 Å². The van der Waals surface area contributed by atoms with E-state index in [4.69, 9.17) is 11.6 Å². The largest absolute Gasteiger partial charge is 0.416 e. The van der Waals surface area contributed by atoms with Crippen LogP contribution in [0.1, 0.15) is 40.2 Å². The van der Waals surface area contributed by atoms with E-state index in [1.54, 1.807) is 30.3 Å². The Morgan fingerprint density at radius 2 is 1.71 bits per heavy atom. The van der Waals surface area contributed by atoms with Gasteiger partial charge in [0.1, 0.15) is 0 Å². The van der Waals surface area contributed by atoms with E-state index in [1.807, 2.05) is 0 Å². The number of halogens is 4. The van der Waals surface area contributed by atoms with Gasteiger partial charge in [-0.3, -0.25) is 4.79 Å². The highest BCUT2D eigenvalue weighted by atomic mass is 35.5. The average Bonchev–Trinajstić information content (AvgIpc) is 2.51. The zero-order chi connectivity index (χ0) is 17.3. The van der Waals surface area contributed by atoms with E-state index in [0.29, 0.717) is 23.4 Å². The summed E-state index contributed by atoms with van der Waals surface area (Å²) in [5.41, 5.74) is -0.0682. The van der Waals surface area contributed by atoms with Crippen molar-refractivity contribution in [3.05, 3.63) is 70.2 Å². The van der Waals surface area contributed by atoms with Crippen LogP contribution in [0.15, 0.2) is 48.5 Å². The molecule has 1 aliphatic carbocycles. The summed E-state index contributed by atoms with van der Waals surface area (Å²) in [4.78, 5) is 12.3. The maximum Gasteiger partial charge on any atom is 0.416 e. The predicted octanol–water partition coefficient (Wildman–Crippen LogP) is 5.03. The topological polar surface area (TPSA) is 29.1 Å². The Bertz CT molecular complexity index is 760. The minimum atomic E-state index is -4.40. The highest BCUT2D eigenvalue weighted by molar-refractivity contribution is 6.33. The Hall–Kier alpha value is -2.01. The summed E-state index contributed by atoms with van der Waals surface area (Å²) in [6.07, 6.45) is -3.14. The fourth-order valence-corrected chi connectivity index (χ4v) is 3.24. The van der Waals surface area contributed by atoms with Gasteiger partial charge in [0.25, 0.3) is 5.91 Å². The number of benzene rings is 2. The van der Waals surface area contributed by atoms with Crippen LogP contribution < -0.4 is 5.32 Å². The number of amides is 1. The van der Waals surface area contributed by atoms with Gasteiger partial charge in [0, 0.05) is 12.0 Å². The van der Waals surface area contributed by atoms with Crippen LogP contribution in [0, 0.1) is 0 Å². The third-order valence-electron chi connectivity index (χ3n) is 4.38. The maximum absolute atomic E-state index is 13.2. The van der Waals surface area contributed by atoms with E-state index >= 15 is 0 Å². The summed E-state index contributed by atoms with van der Waals surface area (Å²) < 4.78 is 39.5. The van der Waals surface area contributed by atoms with Crippen LogP contribution >= 0.6 is 11.6 Å². The molecule has 2 atom stereocenters. The normalized spacial score (nSPS) is 20.3. The molecule has 0 aromatic heterocycles. The van der Waals surface area contributed by atoms with Gasteiger partial charge in [-0.25, -0.2) is 0 Å².